The molecule has 3 N–H and O–H groups in total. The third kappa shape index (κ3) is 4.03. The van der Waals surface area contributed by atoms with Gasteiger partial charge in [-0.15, -0.1) is 0 Å². The third-order valence-corrected chi connectivity index (χ3v) is 2.49. The standard InChI is InChI=1S/C9H21N5O/c1-13-4-6-14(7-5-13)9(12-10)11-3-8-15-2/h3-8,10H2,1-2H3,(H,11,12). The lowest BCUT2D eigenvalue weighted by atomic mass is 10.3. The Labute approximate surface area is 91.0 Å². The van der Waals surface area contributed by atoms with Crippen molar-refractivity contribution in [3.63, 3.8) is 0 Å². The van der Waals surface area contributed by atoms with Gasteiger partial charge in [-0.1, -0.05) is 0 Å². The second-order valence-electron chi connectivity index (χ2n) is 3.63. The molecule has 0 amide bonds. The van der Waals surface area contributed by atoms with E-state index in [2.05, 4.69) is 27.3 Å². The van der Waals surface area contributed by atoms with Gasteiger partial charge < -0.3 is 14.5 Å². The molecule has 1 rings (SSSR count). The van der Waals surface area contributed by atoms with Gasteiger partial charge in [-0.25, -0.2) is 10.8 Å². The van der Waals surface area contributed by atoms with E-state index in [1.54, 1.807) is 7.11 Å². The zero-order chi connectivity index (χ0) is 11.1. The highest BCUT2D eigenvalue weighted by Gasteiger charge is 2.16. The molecule has 0 aromatic heterocycles. The van der Waals surface area contributed by atoms with Crippen LogP contribution in [0, 0.1) is 0 Å². The SMILES string of the molecule is COCCN=C(NN)N1CCN(C)CC1. The van der Waals surface area contributed by atoms with Crippen LogP contribution < -0.4 is 11.3 Å². The molecule has 0 unspecified atom stereocenters. The molecular weight excluding hydrogens is 194 g/mol. The van der Waals surface area contributed by atoms with E-state index >= 15 is 0 Å². The third-order valence-electron chi connectivity index (χ3n) is 2.49. The van der Waals surface area contributed by atoms with Crippen molar-refractivity contribution in [3.8, 4) is 0 Å². The normalized spacial score (nSPS) is 19.4. The molecule has 0 aromatic carbocycles. The fraction of sp³-hybridized carbons (Fsp3) is 0.889. The van der Waals surface area contributed by atoms with Gasteiger partial charge in [0.25, 0.3) is 0 Å². The maximum atomic E-state index is 5.44. The Morgan fingerprint density at radius 3 is 2.60 bits per heavy atom. The molecule has 0 radical (unpaired) electrons. The van der Waals surface area contributed by atoms with E-state index in [1.165, 1.54) is 0 Å². The molecule has 0 bridgehead atoms. The van der Waals surface area contributed by atoms with E-state index in [1.807, 2.05) is 0 Å². The first-order chi connectivity index (χ1) is 7.27. The number of piperazine rings is 1. The van der Waals surface area contributed by atoms with Crippen LogP contribution in [-0.4, -0.2) is 69.2 Å². The molecule has 1 aliphatic heterocycles. The lowest BCUT2D eigenvalue weighted by Crippen LogP contribution is -2.53. The lowest BCUT2D eigenvalue weighted by molar-refractivity contribution is 0.202. The summed E-state index contributed by atoms with van der Waals surface area (Å²) in [6, 6.07) is 0. The van der Waals surface area contributed by atoms with Crippen LogP contribution in [0.2, 0.25) is 0 Å². The highest BCUT2D eigenvalue weighted by molar-refractivity contribution is 5.79. The molecular formula is C9H21N5O. The number of nitrogens with one attached hydrogen (secondary N) is 1. The fourth-order valence-corrected chi connectivity index (χ4v) is 1.50. The van der Waals surface area contributed by atoms with Crippen LogP contribution >= 0.6 is 0 Å². The first-order valence-electron chi connectivity index (χ1n) is 5.21. The fourth-order valence-electron chi connectivity index (χ4n) is 1.50. The van der Waals surface area contributed by atoms with E-state index in [-0.39, 0.29) is 0 Å². The van der Waals surface area contributed by atoms with Crippen LogP contribution in [-0.2, 0) is 4.74 Å². The van der Waals surface area contributed by atoms with E-state index in [4.69, 9.17) is 10.6 Å². The number of ether oxygens (including phenoxy) is 1. The molecule has 0 spiro atoms. The monoisotopic (exact) mass is 215 g/mol. The van der Waals surface area contributed by atoms with Crippen molar-refractivity contribution in [2.75, 3.05) is 53.5 Å². The predicted octanol–water partition coefficient (Wildman–Crippen LogP) is -1.30. The van der Waals surface area contributed by atoms with Gasteiger partial charge in [0.2, 0.25) is 5.96 Å². The van der Waals surface area contributed by atoms with Crippen molar-refractivity contribution in [1.29, 1.82) is 0 Å². The summed E-state index contributed by atoms with van der Waals surface area (Å²) in [5.41, 5.74) is 2.65. The summed E-state index contributed by atoms with van der Waals surface area (Å²) in [7, 11) is 3.79. The number of nitrogens with zero attached hydrogens (tertiary/aromatic N) is 3. The average Bonchev–Trinajstić information content (AvgIpc) is 2.26. The lowest BCUT2D eigenvalue weighted by Gasteiger charge is -2.34. The molecule has 6 nitrogen and oxygen atoms in total. The summed E-state index contributed by atoms with van der Waals surface area (Å²) in [6.07, 6.45) is 0. The Hall–Kier alpha value is -0.850. The van der Waals surface area contributed by atoms with E-state index < -0.39 is 0 Å². The molecule has 1 fully saturated rings. The maximum Gasteiger partial charge on any atom is 0.208 e. The van der Waals surface area contributed by atoms with Crippen LogP contribution in [0.5, 0.6) is 0 Å². The first kappa shape index (κ1) is 12.2. The van der Waals surface area contributed by atoms with Gasteiger partial charge in [-0.2, -0.15) is 0 Å². The number of hydrogen-bond donors (Lipinski definition) is 2. The molecule has 1 aliphatic rings. The Kier molecular flexibility index (Phi) is 5.38. The smallest absolute Gasteiger partial charge is 0.208 e. The van der Waals surface area contributed by atoms with Crippen LogP contribution in [0.1, 0.15) is 0 Å². The summed E-state index contributed by atoms with van der Waals surface area (Å²) in [6.45, 7) is 5.29. The summed E-state index contributed by atoms with van der Waals surface area (Å²) in [5, 5.41) is 0. The summed E-state index contributed by atoms with van der Waals surface area (Å²) >= 11 is 0. The topological polar surface area (TPSA) is 66.1 Å². The van der Waals surface area contributed by atoms with Crippen LogP contribution in [0.3, 0.4) is 0 Å². The summed E-state index contributed by atoms with van der Waals surface area (Å²) < 4.78 is 4.94. The van der Waals surface area contributed by atoms with Crippen molar-refractivity contribution in [2.24, 2.45) is 10.8 Å². The van der Waals surface area contributed by atoms with Gasteiger partial charge >= 0.3 is 0 Å². The number of likely N-dealkylation sites (N-methyl/N-ethyl adjacent to an activating group) is 1. The zero-order valence-electron chi connectivity index (χ0n) is 9.57. The van der Waals surface area contributed by atoms with E-state index in [0.29, 0.717) is 13.2 Å². The van der Waals surface area contributed by atoms with Crippen molar-refractivity contribution in [3.05, 3.63) is 0 Å². The molecule has 0 aliphatic carbocycles. The minimum atomic E-state index is 0.624. The van der Waals surface area contributed by atoms with Crippen LogP contribution in [0.25, 0.3) is 0 Å². The van der Waals surface area contributed by atoms with Gasteiger partial charge in [-0.05, 0) is 7.05 Å². The number of methoxy groups -OCH3 is 1. The van der Waals surface area contributed by atoms with Gasteiger partial charge in [0.05, 0.1) is 13.2 Å². The average molecular weight is 215 g/mol. The van der Waals surface area contributed by atoms with Gasteiger partial charge in [0, 0.05) is 33.3 Å². The highest BCUT2D eigenvalue weighted by atomic mass is 16.5. The Morgan fingerprint density at radius 2 is 2.07 bits per heavy atom. The van der Waals surface area contributed by atoms with Crippen molar-refractivity contribution in [1.82, 2.24) is 15.2 Å². The van der Waals surface area contributed by atoms with Crippen LogP contribution in [0.4, 0.5) is 0 Å². The molecule has 15 heavy (non-hydrogen) atoms. The summed E-state index contributed by atoms with van der Waals surface area (Å²) in [4.78, 5) is 8.80. The molecule has 0 aromatic rings. The van der Waals surface area contributed by atoms with Gasteiger partial charge in [0.1, 0.15) is 0 Å². The van der Waals surface area contributed by atoms with Crippen LogP contribution in [0.15, 0.2) is 4.99 Å². The Morgan fingerprint density at radius 1 is 1.40 bits per heavy atom. The van der Waals surface area contributed by atoms with Crippen molar-refractivity contribution >= 4 is 5.96 Å². The summed E-state index contributed by atoms with van der Waals surface area (Å²) in [5.74, 6) is 6.21. The first-order valence-corrected chi connectivity index (χ1v) is 5.21. The second kappa shape index (κ2) is 6.60. The van der Waals surface area contributed by atoms with Gasteiger partial charge in [-0.3, -0.25) is 5.43 Å². The quantitative estimate of drug-likeness (QED) is 0.201. The number of guanidine groups is 1. The molecule has 0 atom stereocenters. The molecule has 1 saturated heterocycles. The zero-order valence-corrected chi connectivity index (χ0v) is 9.57. The van der Waals surface area contributed by atoms with Gasteiger partial charge in [0.15, 0.2) is 0 Å². The number of aliphatic imine (C=N–C) groups is 1. The number of hydrazine groups is 1. The minimum Gasteiger partial charge on any atom is -0.383 e. The van der Waals surface area contributed by atoms with E-state index in [9.17, 15) is 0 Å². The number of nitrogens with two attached hydrogens (primary N) is 1. The largest absolute Gasteiger partial charge is 0.383 e. The maximum absolute atomic E-state index is 5.44. The number of hydrogen-bond acceptors (Lipinski definition) is 4. The molecule has 1 heterocycles. The minimum absolute atomic E-state index is 0.624. The van der Waals surface area contributed by atoms with Crippen molar-refractivity contribution in [2.45, 2.75) is 0 Å². The highest BCUT2D eigenvalue weighted by Crippen LogP contribution is 1.99. The predicted molar refractivity (Wildman–Crippen MR) is 60.6 cm³/mol. The Balaban J connectivity index is 2.40. The van der Waals surface area contributed by atoms with E-state index in [0.717, 1.165) is 32.1 Å². The van der Waals surface area contributed by atoms with Crippen molar-refractivity contribution < 1.29 is 4.74 Å². The Bertz CT molecular complexity index is 201. The molecule has 0 saturated carbocycles. The number of rotatable bonds is 3. The molecule has 6 heteroatoms. The molecule has 88 valence electrons. The second-order valence-corrected chi connectivity index (χ2v) is 3.63.